The van der Waals surface area contributed by atoms with E-state index in [2.05, 4.69) is 0 Å². The Balaban J connectivity index is 1.57. The van der Waals surface area contributed by atoms with Crippen LogP contribution in [0.15, 0.2) is 18.2 Å². The van der Waals surface area contributed by atoms with Gasteiger partial charge in [-0.05, 0) is 24.6 Å². The molecule has 0 aliphatic carbocycles. The van der Waals surface area contributed by atoms with Crippen molar-refractivity contribution in [2.45, 2.75) is 19.3 Å². The normalized spacial score (nSPS) is 19.6. The molecule has 2 aliphatic heterocycles. The van der Waals surface area contributed by atoms with E-state index in [0.717, 1.165) is 10.6 Å². The van der Waals surface area contributed by atoms with E-state index in [-0.39, 0.29) is 24.1 Å². The van der Waals surface area contributed by atoms with Crippen molar-refractivity contribution in [2.24, 2.45) is 0 Å². The van der Waals surface area contributed by atoms with Crippen molar-refractivity contribution in [3.05, 3.63) is 28.2 Å². The van der Waals surface area contributed by atoms with Gasteiger partial charge in [0, 0.05) is 51.3 Å². The number of amides is 2. The van der Waals surface area contributed by atoms with Gasteiger partial charge in [0.25, 0.3) is 0 Å². The third-order valence-corrected chi connectivity index (χ3v) is 7.45. The van der Waals surface area contributed by atoms with E-state index in [0.29, 0.717) is 55.5 Å². The third-order valence-electron chi connectivity index (χ3n) is 4.86. The number of piperidine rings is 1. The van der Waals surface area contributed by atoms with E-state index in [1.165, 1.54) is 4.31 Å². The fourth-order valence-electron chi connectivity index (χ4n) is 3.29. The summed E-state index contributed by atoms with van der Waals surface area (Å²) in [5.74, 6) is -0.811. The quantitative estimate of drug-likeness (QED) is 0.663. The van der Waals surface area contributed by atoms with Gasteiger partial charge in [-0.15, -0.1) is 0 Å². The first-order valence-corrected chi connectivity index (χ1v) is 11.2. The van der Waals surface area contributed by atoms with Crippen LogP contribution in [-0.2, 0) is 19.6 Å². The summed E-state index contributed by atoms with van der Waals surface area (Å²) in [4.78, 5) is 26.8. The minimum atomic E-state index is -3.54. The number of anilines is 1. The van der Waals surface area contributed by atoms with Crippen molar-refractivity contribution in [3.63, 3.8) is 0 Å². The highest BCUT2D eigenvalue weighted by Crippen LogP contribution is 2.28. The summed E-state index contributed by atoms with van der Waals surface area (Å²) in [6.07, 6.45) is 1.14. The topological polar surface area (TPSA) is 78.0 Å². The lowest BCUT2D eigenvalue weighted by atomic mass is 10.1. The molecular formula is C17H21Cl2N3O4S. The number of rotatable bonds is 5. The van der Waals surface area contributed by atoms with Crippen LogP contribution in [0.4, 0.5) is 5.69 Å². The lowest BCUT2D eigenvalue weighted by Gasteiger charge is -2.36. The summed E-state index contributed by atoms with van der Waals surface area (Å²) in [6.45, 7) is 1.65. The minimum absolute atomic E-state index is 0.0764. The first kappa shape index (κ1) is 20.4. The molecule has 148 valence electrons. The lowest BCUT2D eigenvalue weighted by molar-refractivity contribution is -0.147. The average Bonchev–Trinajstić information content (AvgIpc) is 2.64. The smallest absolute Gasteiger partial charge is 0.229 e. The summed E-state index contributed by atoms with van der Waals surface area (Å²) < 4.78 is 26.6. The first-order valence-electron chi connectivity index (χ1n) is 8.79. The molecule has 0 radical (unpaired) electrons. The van der Waals surface area contributed by atoms with Crippen LogP contribution in [0.25, 0.3) is 0 Å². The number of carbonyl (C=O) groups excluding carboxylic acids is 2. The number of piperazine rings is 1. The highest BCUT2D eigenvalue weighted by molar-refractivity contribution is 7.89. The molecule has 0 unspecified atom stereocenters. The summed E-state index contributed by atoms with van der Waals surface area (Å²) in [5, 5.41) is 0.934. The predicted octanol–water partition coefficient (Wildman–Crippen LogP) is 1.98. The molecular weight excluding hydrogens is 413 g/mol. The van der Waals surface area contributed by atoms with Crippen LogP contribution in [0.5, 0.6) is 0 Å². The summed E-state index contributed by atoms with van der Waals surface area (Å²) in [7, 11) is -3.54. The Kier molecular flexibility index (Phi) is 6.30. The van der Waals surface area contributed by atoms with E-state index in [4.69, 9.17) is 23.2 Å². The molecule has 1 aromatic carbocycles. The van der Waals surface area contributed by atoms with Crippen LogP contribution < -0.4 is 4.90 Å². The zero-order valence-electron chi connectivity index (χ0n) is 14.7. The monoisotopic (exact) mass is 433 g/mol. The first-order chi connectivity index (χ1) is 12.8. The highest BCUT2D eigenvalue weighted by atomic mass is 35.5. The number of halogens is 2. The van der Waals surface area contributed by atoms with Gasteiger partial charge in [-0.3, -0.25) is 14.5 Å². The van der Waals surface area contributed by atoms with Crippen LogP contribution in [0.1, 0.15) is 19.3 Å². The molecule has 2 heterocycles. The van der Waals surface area contributed by atoms with Gasteiger partial charge < -0.3 is 4.90 Å². The molecule has 7 nitrogen and oxygen atoms in total. The summed E-state index contributed by atoms with van der Waals surface area (Å²) in [5.41, 5.74) is 0.894. The molecule has 0 atom stereocenters. The van der Waals surface area contributed by atoms with Gasteiger partial charge in [-0.25, -0.2) is 8.42 Å². The van der Waals surface area contributed by atoms with Gasteiger partial charge >= 0.3 is 0 Å². The van der Waals surface area contributed by atoms with Crippen LogP contribution >= 0.6 is 23.2 Å². The Morgan fingerprint density at radius 1 is 0.926 bits per heavy atom. The SMILES string of the molecule is O=C1CCCC(=O)N1CCS(=O)(=O)N1CCN(c2ccc(Cl)c(Cl)c2)CC1. The lowest BCUT2D eigenvalue weighted by Crippen LogP contribution is -2.51. The molecule has 0 bridgehead atoms. The van der Waals surface area contributed by atoms with Crippen LogP contribution in [0, 0.1) is 0 Å². The minimum Gasteiger partial charge on any atom is -0.369 e. The molecule has 27 heavy (non-hydrogen) atoms. The number of carbonyl (C=O) groups is 2. The van der Waals surface area contributed by atoms with E-state index in [9.17, 15) is 18.0 Å². The van der Waals surface area contributed by atoms with Gasteiger partial charge in [0.05, 0.1) is 15.8 Å². The molecule has 1 aromatic rings. The maximum atomic E-state index is 12.6. The van der Waals surface area contributed by atoms with Gasteiger partial charge in [0.15, 0.2) is 0 Å². The largest absolute Gasteiger partial charge is 0.369 e. The van der Waals surface area contributed by atoms with Crippen molar-refractivity contribution in [3.8, 4) is 0 Å². The predicted molar refractivity (Wildman–Crippen MR) is 105 cm³/mol. The van der Waals surface area contributed by atoms with Crippen LogP contribution in [0.2, 0.25) is 10.0 Å². The number of hydrogen-bond donors (Lipinski definition) is 0. The zero-order valence-corrected chi connectivity index (χ0v) is 17.1. The average molecular weight is 434 g/mol. The Morgan fingerprint density at radius 2 is 1.56 bits per heavy atom. The molecule has 0 saturated carbocycles. The zero-order chi connectivity index (χ0) is 19.6. The Morgan fingerprint density at radius 3 is 2.15 bits per heavy atom. The summed E-state index contributed by atoms with van der Waals surface area (Å²) >= 11 is 12.0. The number of likely N-dealkylation sites (tertiary alicyclic amines) is 1. The fourth-order valence-corrected chi connectivity index (χ4v) is 4.97. The molecule has 3 rings (SSSR count). The van der Waals surface area contributed by atoms with Crippen molar-refractivity contribution >= 4 is 50.7 Å². The Hall–Kier alpha value is -1.35. The summed E-state index contributed by atoms with van der Waals surface area (Å²) in [6, 6.07) is 5.34. The van der Waals surface area contributed by atoms with E-state index in [1.54, 1.807) is 12.1 Å². The van der Waals surface area contributed by atoms with Gasteiger partial charge in [0.1, 0.15) is 0 Å². The molecule has 0 spiro atoms. The molecule has 10 heteroatoms. The van der Waals surface area contributed by atoms with Gasteiger partial charge in [0.2, 0.25) is 21.8 Å². The van der Waals surface area contributed by atoms with Crippen molar-refractivity contribution in [2.75, 3.05) is 43.4 Å². The third kappa shape index (κ3) is 4.74. The fraction of sp³-hybridized carbons (Fsp3) is 0.529. The number of hydrogen-bond acceptors (Lipinski definition) is 5. The maximum absolute atomic E-state index is 12.6. The molecule has 2 saturated heterocycles. The standard InChI is InChI=1S/C17H21Cl2N3O4S/c18-14-5-4-13(12-15(14)19)20-6-8-21(9-7-20)27(25,26)11-10-22-16(23)2-1-3-17(22)24/h4-5,12H,1-3,6-11H2. The Labute approximate surface area is 168 Å². The van der Waals surface area contributed by atoms with Crippen LogP contribution in [-0.4, -0.2) is 67.9 Å². The second-order valence-corrected chi connectivity index (χ2v) is 9.50. The highest BCUT2D eigenvalue weighted by Gasteiger charge is 2.31. The number of benzene rings is 1. The second kappa shape index (κ2) is 8.34. The van der Waals surface area contributed by atoms with Gasteiger partial charge in [-0.1, -0.05) is 23.2 Å². The molecule has 0 N–H and O–H groups in total. The van der Waals surface area contributed by atoms with Crippen molar-refractivity contribution in [1.29, 1.82) is 0 Å². The van der Waals surface area contributed by atoms with E-state index >= 15 is 0 Å². The number of sulfonamides is 1. The van der Waals surface area contributed by atoms with E-state index in [1.807, 2.05) is 11.0 Å². The molecule has 2 aliphatic rings. The molecule has 0 aromatic heterocycles. The van der Waals surface area contributed by atoms with Crippen molar-refractivity contribution in [1.82, 2.24) is 9.21 Å². The van der Waals surface area contributed by atoms with E-state index < -0.39 is 10.0 Å². The van der Waals surface area contributed by atoms with Crippen molar-refractivity contribution < 1.29 is 18.0 Å². The number of imide groups is 1. The van der Waals surface area contributed by atoms with Crippen LogP contribution in [0.3, 0.4) is 0 Å². The molecule has 2 amide bonds. The molecule has 2 fully saturated rings. The number of nitrogens with zero attached hydrogens (tertiary/aromatic N) is 3. The Bertz CT molecular complexity index is 823. The van der Waals surface area contributed by atoms with Gasteiger partial charge in [-0.2, -0.15) is 4.31 Å². The second-order valence-electron chi connectivity index (χ2n) is 6.59. The maximum Gasteiger partial charge on any atom is 0.229 e.